The highest BCUT2D eigenvalue weighted by atomic mass is 31.2. The second kappa shape index (κ2) is 32.4. The molecule has 8 atom stereocenters. The van der Waals surface area contributed by atoms with E-state index >= 15 is 0 Å². The van der Waals surface area contributed by atoms with E-state index in [2.05, 4.69) is 43.5 Å². The summed E-state index contributed by atoms with van der Waals surface area (Å²) in [6.07, 6.45) is 21.1. The Morgan fingerprint density at radius 1 is 0.625 bits per heavy atom. The zero-order chi connectivity index (χ0) is 41.6. The van der Waals surface area contributed by atoms with Crippen LogP contribution in [0.4, 0.5) is 0 Å². The summed E-state index contributed by atoms with van der Waals surface area (Å²) >= 11 is 0. The van der Waals surface area contributed by atoms with Gasteiger partial charge in [-0.25, -0.2) is 4.57 Å². The summed E-state index contributed by atoms with van der Waals surface area (Å²) in [5, 5.41) is 74.1. The molecule has 0 aromatic carbocycles. The molecular formula is C42H78NO12P. The molecule has 13 nitrogen and oxygen atoms in total. The zero-order valence-corrected chi connectivity index (χ0v) is 35.2. The molecule has 0 aliphatic heterocycles. The molecule has 0 aromatic rings. The maximum absolute atomic E-state index is 12.9. The molecule has 328 valence electrons. The molecule has 0 saturated heterocycles. The Labute approximate surface area is 336 Å². The molecule has 1 amide bonds. The standard InChI is InChI=1S/C42H78NO12P/c1-3-5-7-9-11-13-14-15-16-17-18-19-20-22-24-26-28-30-35(45)34(43-36(46)31-33(44)29-27-25-23-21-12-10-8-6-4-2)32-54-56(52,53)55-42-40(50)38(48)37(47)39(49)41(42)51/h16-17,20,22,28,30,33-35,37-42,44-45,47-51H,3-15,18-19,21,23-27,29,31-32H2,1-2H3,(H,43,46)(H,52,53)/b17-16+,22-20+,30-28+. The molecule has 0 bridgehead atoms. The summed E-state index contributed by atoms with van der Waals surface area (Å²) in [5.41, 5.74) is 0. The van der Waals surface area contributed by atoms with Crippen molar-refractivity contribution in [2.24, 2.45) is 0 Å². The summed E-state index contributed by atoms with van der Waals surface area (Å²) in [7, 11) is -5.14. The Morgan fingerprint density at radius 2 is 1.05 bits per heavy atom. The van der Waals surface area contributed by atoms with Crippen LogP contribution in [-0.4, -0.2) is 108 Å². The highest BCUT2D eigenvalue weighted by Gasteiger charge is 2.51. The van der Waals surface area contributed by atoms with Gasteiger partial charge in [-0.15, -0.1) is 0 Å². The third-order valence-electron chi connectivity index (χ3n) is 10.2. The number of hydrogen-bond donors (Lipinski definition) is 9. The second-order valence-electron chi connectivity index (χ2n) is 15.4. The lowest BCUT2D eigenvalue weighted by Crippen LogP contribution is -2.64. The first-order valence-electron chi connectivity index (χ1n) is 21.5. The number of allylic oxidation sites excluding steroid dienone is 5. The van der Waals surface area contributed by atoms with Crippen LogP contribution in [0.5, 0.6) is 0 Å². The van der Waals surface area contributed by atoms with E-state index in [4.69, 9.17) is 9.05 Å². The van der Waals surface area contributed by atoms with Crippen LogP contribution < -0.4 is 5.32 Å². The first-order valence-corrected chi connectivity index (χ1v) is 23.0. The van der Waals surface area contributed by atoms with E-state index in [0.29, 0.717) is 19.3 Å². The second-order valence-corrected chi connectivity index (χ2v) is 16.8. The molecule has 14 heteroatoms. The highest BCUT2D eigenvalue weighted by Crippen LogP contribution is 2.47. The highest BCUT2D eigenvalue weighted by molar-refractivity contribution is 7.47. The van der Waals surface area contributed by atoms with Crippen LogP contribution in [0.25, 0.3) is 0 Å². The summed E-state index contributed by atoms with van der Waals surface area (Å²) in [6, 6.07) is -1.26. The van der Waals surface area contributed by atoms with Gasteiger partial charge in [-0.3, -0.25) is 13.8 Å². The van der Waals surface area contributed by atoms with Crippen molar-refractivity contribution in [3.63, 3.8) is 0 Å². The first kappa shape index (κ1) is 52.5. The lowest BCUT2D eigenvalue weighted by molar-refractivity contribution is -0.220. The predicted molar refractivity (Wildman–Crippen MR) is 220 cm³/mol. The molecule has 1 saturated carbocycles. The number of phosphoric ester groups is 1. The fourth-order valence-electron chi connectivity index (χ4n) is 6.62. The Balaban J connectivity index is 2.65. The average Bonchev–Trinajstić information content (AvgIpc) is 3.17. The average molecular weight is 820 g/mol. The van der Waals surface area contributed by atoms with E-state index in [1.165, 1.54) is 83.1 Å². The van der Waals surface area contributed by atoms with Gasteiger partial charge in [0.25, 0.3) is 0 Å². The van der Waals surface area contributed by atoms with Crippen molar-refractivity contribution in [1.29, 1.82) is 0 Å². The predicted octanol–water partition coefficient (Wildman–Crippen LogP) is 6.19. The minimum absolute atomic E-state index is 0.255. The Morgan fingerprint density at radius 3 is 1.57 bits per heavy atom. The molecule has 1 aliphatic rings. The number of carbonyl (C=O) groups is 1. The van der Waals surface area contributed by atoms with E-state index in [1.54, 1.807) is 6.08 Å². The van der Waals surface area contributed by atoms with E-state index in [1.807, 2.05) is 0 Å². The maximum Gasteiger partial charge on any atom is 0.472 e. The van der Waals surface area contributed by atoms with Crippen LogP contribution in [0.15, 0.2) is 36.5 Å². The van der Waals surface area contributed by atoms with Crippen molar-refractivity contribution < 1.29 is 59.0 Å². The smallest absolute Gasteiger partial charge is 0.393 e. The van der Waals surface area contributed by atoms with Crippen LogP contribution >= 0.6 is 7.82 Å². The minimum atomic E-state index is -5.14. The number of unbranched alkanes of at least 4 members (excludes halogenated alkanes) is 17. The SMILES string of the molecule is CCCCCCCCC/C=C/CC/C=C/CC/C=C/C(O)C(COP(=O)(O)OC1C(O)C(O)C(O)C(O)C1O)NC(=O)CC(O)CCCCCCCCCCC. The number of carbonyl (C=O) groups excluding carboxylic acids is 1. The topological polar surface area (TPSA) is 226 Å². The molecule has 1 fully saturated rings. The summed E-state index contributed by atoms with van der Waals surface area (Å²) in [5.74, 6) is -0.610. The van der Waals surface area contributed by atoms with E-state index in [9.17, 15) is 50.0 Å². The van der Waals surface area contributed by atoms with Gasteiger partial charge in [-0.1, -0.05) is 147 Å². The van der Waals surface area contributed by atoms with Crippen LogP contribution in [0.1, 0.15) is 162 Å². The number of aliphatic hydroxyl groups excluding tert-OH is 7. The summed E-state index contributed by atoms with van der Waals surface area (Å²) in [4.78, 5) is 23.3. The van der Waals surface area contributed by atoms with Crippen molar-refractivity contribution in [3.05, 3.63) is 36.5 Å². The Kier molecular flexibility index (Phi) is 30.4. The van der Waals surface area contributed by atoms with E-state index in [-0.39, 0.29) is 6.42 Å². The number of aliphatic hydroxyl groups is 7. The molecule has 9 N–H and O–H groups in total. The quantitative estimate of drug-likeness (QED) is 0.0201. The maximum atomic E-state index is 12.9. The van der Waals surface area contributed by atoms with E-state index in [0.717, 1.165) is 44.9 Å². The number of hydrogen-bond acceptors (Lipinski definition) is 11. The first-order chi connectivity index (χ1) is 26.8. The number of amides is 1. The van der Waals surface area contributed by atoms with Crippen molar-refractivity contribution >= 4 is 13.7 Å². The molecule has 8 unspecified atom stereocenters. The molecular weight excluding hydrogens is 741 g/mol. The summed E-state index contributed by atoms with van der Waals surface area (Å²) in [6.45, 7) is 3.67. The summed E-state index contributed by atoms with van der Waals surface area (Å²) < 4.78 is 22.8. The molecule has 1 aliphatic carbocycles. The number of rotatable bonds is 34. The molecule has 1 rings (SSSR count). The van der Waals surface area contributed by atoms with Gasteiger partial charge in [0, 0.05) is 0 Å². The third-order valence-corrected chi connectivity index (χ3v) is 11.2. The fourth-order valence-corrected chi connectivity index (χ4v) is 7.59. The lowest BCUT2D eigenvalue weighted by atomic mass is 9.85. The number of phosphoric acid groups is 1. The van der Waals surface area contributed by atoms with Gasteiger partial charge >= 0.3 is 7.82 Å². The normalized spacial score (nSPS) is 24.5. The number of nitrogens with one attached hydrogen (secondary N) is 1. The Bertz CT molecular complexity index is 1110. The monoisotopic (exact) mass is 820 g/mol. The fraction of sp³-hybridized carbons (Fsp3) is 0.833. The third kappa shape index (κ3) is 24.4. The van der Waals surface area contributed by atoms with Crippen molar-refractivity contribution in [2.75, 3.05) is 6.61 Å². The lowest BCUT2D eigenvalue weighted by Gasteiger charge is -2.41. The van der Waals surface area contributed by atoms with Gasteiger partial charge in [-0.2, -0.15) is 0 Å². The van der Waals surface area contributed by atoms with Gasteiger partial charge in [0.15, 0.2) is 0 Å². The van der Waals surface area contributed by atoms with Crippen molar-refractivity contribution in [2.45, 2.75) is 216 Å². The Hall–Kier alpha value is -1.48. The van der Waals surface area contributed by atoms with Crippen molar-refractivity contribution in [3.8, 4) is 0 Å². The molecule has 0 aromatic heterocycles. The van der Waals surface area contributed by atoms with Crippen LogP contribution in [-0.2, 0) is 18.4 Å². The van der Waals surface area contributed by atoms with E-state index < -0.39 is 75.2 Å². The van der Waals surface area contributed by atoms with Gasteiger partial charge in [-0.05, 0) is 44.9 Å². The molecule has 0 heterocycles. The van der Waals surface area contributed by atoms with Gasteiger partial charge in [0.05, 0.1) is 31.3 Å². The molecule has 0 radical (unpaired) electrons. The van der Waals surface area contributed by atoms with Crippen LogP contribution in [0.3, 0.4) is 0 Å². The van der Waals surface area contributed by atoms with Gasteiger partial charge < -0.3 is 46.0 Å². The minimum Gasteiger partial charge on any atom is -0.393 e. The largest absolute Gasteiger partial charge is 0.472 e. The van der Waals surface area contributed by atoms with Gasteiger partial charge in [0.2, 0.25) is 5.91 Å². The zero-order valence-electron chi connectivity index (χ0n) is 34.3. The van der Waals surface area contributed by atoms with Gasteiger partial charge in [0.1, 0.15) is 36.6 Å². The van der Waals surface area contributed by atoms with Crippen molar-refractivity contribution in [1.82, 2.24) is 5.32 Å². The van der Waals surface area contributed by atoms with Crippen LogP contribution in [0, 0.1) is 0 Å². The molecule has 56 heavy (non-hydrogen) atoms. The molecule has 0 spiro atoms. The van der Waals surface area contributed by atoms with Crippen LogP contribution in [0.2, 0.25) is 0 Å².